The first-order valence-corrected chi connectivity index (χ1v) is 6.88. The van der Waals surface area contributed by atoms with Gasteiger partial charge in [-0.3, -0.25) is 0 Å². The van der Waals surface area contributed by atoms with Crippen LogP contribution in [0.15, 0.2) is 16.6 Å². The second kappa shape index (κ2) is 5.17. The highest BCUT2D eigenvalue weighted by Crippen LogP contribution is 2.29. The van der Waals surface area contributed by atoms with Gasteiger partial charge in [0.05, 0.1) is 5.69 Å². The average Bonchev–Trinajstić information content (AvgIpc) is 2.21. The summed E-state index contributed by atoms with van der Waals surface area (Å²) in [5, 5.41) is 0. The van der Waals surface area contributed by atoms with Crippen LogP contribution in [0.3, 0.4) is 0 Å². The van der Waals surface area contributed by atoms with E-state index in [4.69, 9.17) is 0 Å². The molecular weight excluding hydrogens is 264 g/mol. The first-order valence-electron chi connectivity index (χ1n) is 6.08. The van der Waals surface area contributed by atoms with Crippen LogP contribution >= 0.6 is 15.9 Å². The van der Waals surface area contributed by atoms with Crippen LogP contribution in [-0.2, 0) is 0 Å². The lowest BCUT2D eigenvalue weighted by Gasteiger charge is -2.32. The predicted octanol–water partition coefficient (Wildman–Crippen LogP) is 3.78. The Balaban J connectivity index is 2.09. The molecule has 88 valence electrons. The van der Waals surface area contributed by atoms with E-state index in [9.17, 15) is 0 Å². The van der Waals surface area contributed by atoms with Gasteiger partial charge in [-0.1, -0.05) is 6.42 Å². The number of halogens is 1. The quantitative estimate of drug-likeness (QED) is 0.836. The minimum Gasteiger partial charge on any atom is -0.357 e. The molecule has 0 N–H and O–H groups in total. The molecule has 1 fully saturated rings. The highest BCUT2D eigenvalue weighted by Gasteiger charge is 2.20. The molecule has 1 saturated carbocycles. The van der Waals surface area contributed by atoms with Gasteiger partial charge in [0.15, 0.2) is 0 Å². The van der Waals surface area contributed by atoms with Crippen LogP contribution in [0.5, 0.6) is 0 Å². The predicted molar refractivity (Wildman–Crippen MR) is 71.9 cm³/mol. The lowest BCUT2D eigenvalue weighted by molar-refractivity contribution is 0.318. The van der Waals surface area contributed by atoms with Gasteiger partial charge in [0.2, 0.25) is 0 Å². The maximum atomic E-state index is 4.63. The zero-order valence-corrected chi connectivity index (χ0v) is 11.6. The van der Waals surface area contributed by atoms with Crippen molar-refractivity contribution in [2.45, 2.75) is 33.1 Å². The monoisotopic (exact) mass is 282 g/mol. The lowest BCUT2D eigenvalue weighted by atomic mass is 9.85. The van der Waals surface area contributed by atoms with E-state index in [1.165, 1.54) is 25.8 Å². The Bertz CT molecular complexity index is 361. The van der Waals surface area contributed by atoms with Crippen LogP contribution in [0.25, 0.3) is 0 Å². The Morgan fingerprint density at radius 3 is 2.69 bits per heavy atom. The standard InChI is InChI=1S/C13H19BrN2/c1-3-16(9-11-5-4-6-11)13-8-7-12(14)10(2)15-13/h7-8,11H,3-6,9H2,1-2H3. The molecule has 1 heterocycles. The number of anilines is 1. The lowest BCUT2D eigenvalue weighted by Crippen LogP contribution is -2.33. The summed E-state index contributed by atoms with van der Waals surface area (Å²) in [4.78, 5) is 7.03. The van der Waals surface area contributed by atoms with Gasteiger partial charge in [-0.2, -0.15) is 0 Å². The van der Waals surface area contributed by atoms with Crippen molar-refractivity contribution in [1.82, 2.24) is 4.98 Å². The summed E-state index contributed by atoms with van der Waals surface area (Å²) in [5.41, 5.74) is 1.07. The average molecular weight is 283 g/mol. The second-order valence-corrected chi connectivity index (χ2v) is 5.43. The normalized spacial score (nSPS) is 15.9. The van der Waals surface area contributed by atoms with Gasteiger partial charge in [-0.15, -0.1) is 0 Å². The molecule has 0 saturated heterocycles. The number of aryl methyl sites for hydroxylation is 1. The molecule has 0 aliphatic heterocycles. The maximum Gasteiger partial charge on any atom is 0.128 e. The van der Waals surface area contributed by atoms with Gasteiger partial charge in [0.25, 0.3) is 0 Å². The first-order chi connectivity index (χ1) is 7.70. The molecule has 0 bridgehead atoms. The maximum absolute atomic E-state index is 4.63. The van der Waals surface area contributed by atoms with Crippen molar-refractivity contribution >= 4 is 21.7 Å². The zero-order chi connectivity index (χ0) is 11.5. The fourth-order valence-corrected chi connectivity index (χ4v) is 2.30. The summed E-state index contributed by atoms with van der Waals surface area (Å²) in [6.07, 6.45) is 4.20. The number of hydrogen-bond acceptors (Lipinski definition) is 2. The minimum absolute atomic E-state index is 0.894. The molecule has 1 aromatic heterocycles. The third kappa shape index (κ3) is 2.57. The van der Waals surface area contributed by atoms with E-state index in [-0.39, 0.29) is 0 Å². The van der Waals surface area contributed by atoms with Crippen molar-refractivity contribution < 1.29 is 0 Å². The van der Waals surface area contributed by atoms with Crippen LogP contribution in [0, 0.1) is 12.8 Å². The SMILES string of the molecule is CCN(CC1CCC1)c1ccc(Br)c(C)n1. The second-order valence-electron chi connectivity index (χ2n) is 4.57. The van der Waals surface area contributed by atoms with E-state index in [0.29, 0.717) is 0 Å². The first kappa shape index (κ1) is 11.9. The van der Waals surface area contributed by atoms with Crippen molar-refractivity contribution in [2.75, 3.05) is 18.0 Å². The fraction of sp³-hybridized carbons (Fsp3) is 0.615. The Morgan fingerprint density at radius 2 is 2.19 bits per heavy atom. The molecule has 1 aromatic rings. The van der Waals surface area contributed by atoms with Crippen LogP contribution in [0.2, 0.25) is 0 Å². The van der Waals surface area contributed by atoms with Gasteiger partial charge < -0.3 is 4.90 Å². The molecule has 1 aliphatic carbocycles. The van der Waals surface area contributed by atoms with Crippen LogP contribution in [0.1, 0.15) is 31.9 Å². The van der Waals surface area contributed by atoms with Crippen LogP contribution in [-0.4, -0.2) is 18.1 Å². The van der Waals surface area contributed by atoms with E-state index in [0.717, 1.165) is 28.4 Å². The molecule has 2 nitrogen and oxygen atoms in total. The molecule has 3 heteroatoms. The Kier molecular flexibility index (Phi) is 3.85. The summed E-state index contributed by atoms with van der Waals surface area (Å²) in [6, 6.07) is 4.21. The highest BCUT2D eigenvalue weighted by atomic mass is 79.9. The minimum atomic E-state index is 0.894. The van der Waals surface area contributed by atoms with Crippen LogP contribution < -0.4 is 4.90 Å². The molecule has 0 atom stereocenters. The van der Waals surface area contributed by atoms with E-state index in [1.54, 1.807) is 0 Å². The Labute approximate surface area is 106 Å². The molecule has 0 spiro atoms. The van der Waals surface area contributed by atoms with Gasteiger partial charge in [-0.25, -0.2) is 4.98 Å². The summed E-state index contributed by atoms with van der Waals surface area (Å²) in [5.74, 6) is 2.01. The van der Waals surface area contributed by atoms with Crippen molar-refractivity contribution in [3.8, 4) is 0 Å². The number of rotatable bonds is 4. The molecule has 0 amide bonds. The summed E-state index contributed by atoms with van der Waals surface area (Å²) in [7, 11) is 0. The molecule has 0 unspecified atom stereocenters. The zero-order valence-electron chi connectivity index (χ0n) is 10.0. The van der Waals surface area contributed by atoms with Crippen molar-refractivity contribution in [2.24, 2.45) is 5.92 Å². The summed E-state index contributed by atoms with van der Waals surface area (Å²) in [6.45, 7) is 6.47. The van der Waals surface area contributed by atoms with Crippen molar-refractivity contribution in [3.63, 3.8) is 0 Å². The van der Waals surface area contributed by atoms with Gasteiger partial charge in [-0.05, 0) is 60.7 Å². The Hall–Kier alpha value is -0.570. The molecule has 1 aliphatic rings. The molecule has 2 rings (SSSR count). The van der Waals surface area contributed by atoms with Crippen molar-refractivity contribution in [3.05, 3.63) is 22.3 Å². The number of aromatic nitrogens is 1. The van der Waals surface area contributed by atoms with E-state index < -0.39 is 0 Å². The molecule has 0 aromatic carbocycles. The summed E-state index contributed by atoms with van der Waals surface area (Å²) < 4.78 is 1.09. The van der Waals surface area contributed by atoms with E-state index in [1.807, 2.05) is 6.92 Å². The summed E-state index contributed by atoms with van der Waals surface area (Å²) >= 11 is 3.50. The van der Waals surface area contributed by atoms with Crippen LogP contribution in [0.4, 0.5) is 5.82 Å². The third-order valence-electron chi connectivity index (χ3n) is 3.42. The molecule has 0 radical (unpaired) electrons. The topological polar surface area (TPSA) is 16.1 Å². The molecular formula is C13H19BrN2. The molecule has 16 heavy (non-hydrogen) atoms. The van der Waals surface area contributed by atoms with Gasteiger partial charge in [0.1, 0.15) is 5.82 Å². The van der Waals surface area contributed by atoms with Crippen molar-refractivity contribution in [1.29, 1.82) is 0 Å². The van der Waals surface area contributed by atoms with Gasteiger partial charge >= 0.3 is 0 Å². The van der Waals surface area contributed by atoms with E-state index in [2.05, 4.69) is 44.9 Å². The third-order valence-corrected chi connectivity index (χ3v) is 4.25. The largest absolute Gasteiger partial charge is 0.357 e. The number of hydrogen-bond donors (Lipinski definition) is 0. The smallest absolute Gasteiger partial charge is 0.128 e. The number of nitrogens with zero attached hydrogens (tertiary/aromatic N) is 2. The number of pyridine rings is 1. The highest BCUT2D eigenvalue weighted by molar-refractivity contribution is 9.10. The van der Waals surface area contributed by atoms with E-state index >= 15 is 0 Å². The Morgan fingerprint density at radius 1 is 1.44 bits per heavy atom. The fourth-order valence-electron chi connectivity index (χ4n) is 2.08. The van der Waals surface area contributed by atoms with Gasteiger partial charge in [0, 0.05) is 17.6 Å².